The summed E-state index contributed by atoms with van der Waals surface area (Å²) in [5.41, 5.74) is 1.92. The average molecular weight is 392 g/mol. The van der Waals surface area contributed by atoms with Gasteiger partial charge in [0.25, 0.3) is 5.91 Å². The van der Waals surface area contributed by atoms with E-state index in [4.69, 9.17) is 32.4 Å². The van der Waals surface area contributed by atoms with Gasteiger partial charge in [0.1, 0.15) is 11.3 Å². The highest BCUT2D eigenvalue weighted by Gasteiger charge is 2.13. The van der Waals surface area contributed by atoms with Crippen LogP contribution in [-0.4, -0.2) is 12.5 Å². The SMILES string of the molecule is Cc1ccc(Cl)c(NC(=O)COc2ccc3c(C)cc(=O)oc3c2)c1Cl. The van der Waals surface area contributed by atoms with Crippen molar-refractivity contribution in [1.82, 2.24) is 0 Å². The Labute approximate surface area is 159 Å². The topological polar surface area (TPSA) is 68.5 Å². The van der Waals surface area contributed by atoms with Crippen molar-refractivity contribution in [2.45, 2.75) is 13.8 Å². The quantitative estimate of drug-likeness (QED) is 0.652. The lowest BCUT2D eigenvalue weighted by molar-refractivity contribution is -0.118. The van der Waals surface area contributed by atoms with Crippen molar-refractivity contribution < 1.29 is 13.9 Å². The van der Waals surface area contributed by atoms with E-state index in [9.17, 15) is 9.59 Å². The number of halogens is 2. The third-order valence-electron chi connectivity index (χ3n) is 3.84. The van der Waals surface area contributed by atoms with Gasteiger partial charge in [0.05, 0.1) is 15.7 Å². The minimum atomic E-state index is -0.436. The molecule has 2 aromatic carbocycles. The maximum atomic E-state index is 12.1. The molecule has 0 atom stereocenters. The Bertz CT molecular complexity index is 1060. The number of anilines is 1. The van der Waals surface area contributed by atoms with Crippen LogP contribution in [0.4, 0.5) is 5.69 Å². The van der Waals surface area contributed by atoms with Crippen LogP contribution in [0.15, 0.2) is 45.6 Å². The first-order valence-corrected chi connectivity index (χ1v) is 8.52. The van der Waals surface area contributed by atoms with Crippen molar-refractivity contribution in [2.75, 3.05) is 11.9 Å². The first kappa shape index (κ1) is 18.3. The normalized spacial score (nSPS) is 10.8. The monoisotopic (exact) mass is 391 g/mol. The van der Waals surface area contributed by atoms with E-state index in [0.29, 0.717) is 27.1 Å². The second-order valence-electron chi connectivity index (χ2n) is 5.80. The van der Waals surface area contributed by atoms with Crippen molar-refractivity contribution in [3.8, 4) is 5.75 Å². The number of hydrogen-bond donors (Lipinski definition) is 1. The first-order valence-electron chi connectivity index (χ1n) is 7.77. The van der Waals surface area contributed by atoms with Gasteiger partial charge in [-0.15, -0.1) is 0 Å². The minimum absolute atomic E-state index is 0.248. The molecule has 0 aliphatic rings. The fraction of sp³-hybridized carbons (Fsp3) is 0.158. The van der Waals surface area contributed by atoms with Crippen molar-refractivity contribution in [1.29, 1.82) is 0 Å². The number of rotatable bonds is 4. The van der Waals surface area contributed by atoms with Crippen LogP contribution in [0.2, 0.25) is 10.0 Å². The lowest BCUT2D eigenvalue weighted by atomic mass is 10.1. The lowest BCUT2D eigenvalue weighted by Crippen LogP contribution is -2.20. The van der Waals surface area contributed by atoms with Gasteiger partial charge in [-0.05, 0) is 43.2 Å². The standard InChI is InChI=1S/C19H15Cl2NO4/c1-10-3-6-14(20)19(18(10)21)22-16(23)9-25-12-4-5-13-11(2)7-17(24)26-15(13)8-12/h3-8H,9H2,1-2H3,(H,22,23). The summed E-state index contributed by atoms with van der Waals surface area (Å²) in [5.74, 6) is -0.00646. The fourth-order valence-electron chi connectivity index (χ4n) is 2.49. The van der Waals surface area contributed by atoms with Gasteiger partial charge in [0.15, 0.2) is 6.61 Å². The van der Waals surface area contributed by atoms with Gasteiger partial charge in [0.2, 0.25) is 0 Å². The van der Waals surface area contributed by atoms with Gasteiger partial charge < -0.3 is 14.5 Å². The molecule has 0 aliphatic carbocycles. The average Bonchev–Trinajstić information content (AvgIpc) is 2.59. The molecule has 26 heavy (non-hydrogen) atoms. The number of amides is 1. The molecule has 0 fully saturated rings. The summed E-state index contributed by atoms with van der Waals surface area (Å²) in [5, 5.41) is 4.18. The summed E-state index contributed by atoms with van der Waals surface area (Å²) < 4.78 is 10.6. The Morgan fingerprint density at radius 2 is 1.88 bits per heavy atom. The third kappa shape index (κ3) is 3.84. The van der Waals surface area contributed by atoms with Crippen LogP contribution >= 0.6 is 23.2 Å². The maximum absolute atomic E-state index is 12.1. The molecule has 134 valence electrons. The molecule has 0 aliphatic heterocycles. The minimum Gasteiger partial charge on any atom is -0.484 e. The van der Waals surface area contributed by atoms with E-state index in [2.05, 4.69) is 5.32 Å². The molecule has 3 rings (SSSR count). The molecule has 0 unspecified atom stereocenters. The molecule has 0 spiro atoms. The smallest absolute Gasteiger partial charge is 0.336 e. The molecule has 0 saturated carbocycles. The van der Waals surface area contributed by atoms with E-state index in [1.807, 2.05) is 13.8 Å². The molecule has 3 aromatic rings. The number of nitrogens with one attached hydrogen (secondary N) is 1. The molecule has 1 heterocycles. The van der Waals surface area contributed by atoms with E-state index in [1.165, 1.54) is 6.07 Å². The summed E-state index contributed by atoms with van der Waals surface area (Å²) in [6.07, 6.45) is 0. The highest BCUT2D eigenvalue weighted by Crippen LogP contribution is 2.32. The number of hydrogen-bond acceptors (Lipinski definition) is 4. The Balaban J connectivity index is 1.73. The van der Waals surface area contributed by atoms with Gasteiger partial charge in [0, 0.05) is 17.5 Å². The maximum Gasteiger partial charge on any atom is 0.336 e. The molecule has 0 bridgehead atoms. The summed E-state index contributed by atoms with van der Waals surface area (Å²) in [6, 6.07) is 9.90. The van der Waals surface area contributed by atoms with E-state index >= 15 is 0 Å². The molecule has 7 heteroatoms. The van der Waals surface area contributed by atoms with E-state index in [0.717, 1.165) is 16.5 Å². The molecule has 5 nitrogen and oxygen atoms in total. The van der Waals surface area contributed by atoms with E-state index in [1.54, 1.807) is 30.3 Å². The lowest BCUT2D eigenvalue weighted by Gasteiger charge is -2.12. The van der Waals surface area contributed by atoms with Crippen LogP contribution in [0, 0.1) is 13.8 Å². The summed E-state index contributed by atoms with van der Waals surface area (Å²) >= 11 is 12.2. The van der Waals surface area contributed by atoms with Crippen LogP contribution in [0.5, 0.6) is 5.75 Å². The molecular formula is C19H15Cl2NO4. The highest BCUT2D eigenvalue weighted by atomic mass is 35.5. The van der Waals surface area contributed by atoms with Crippen molar-refractivity contribution in [3.63, 3.8) is 0 Å². The van der Waals surface area contributed by atoms with E-state index < -0.39 is 11.5 Å². The number of aryl methyl sites for hydroxylation is 2. The van der Waals surface area contributed by atoms with E-state index in [-0.39, 0.29) is 6.61 Å². The van der Waals surface area contributed by atoms with Crippen LogP contribution < -0.4 is 15.7 Å². The number of ether oxygens (including phenoxy) is 1. The number of carbonyl (C=O) groups excluding carboxylic acids is 1. The van der Waals surface area contributed by atoms with Gasteiger partial charge >= 0.3 is 5.63 Å². The number of fused-ring (bicyclic) bond motifs is 1. The van der Waals surface area contributed by atoms with Gasteiger partial charge in [-0.25, -0.2) is 4.79 Å². The second-order valence-corrected chi connectivity index (χ2v) is 6.58. The van der Waals surface area contributed by atoms with Gasteiger partial charge in [-0.1, -0.05) is 29.3 Å². The molecule has 1 N–H and O–H groups in total. The fourth-order valence-corrected chi connectivity index (χ4v) is 2.96. The largest absolute Gasteiger partial charge is 0.484 e. The molecule has 1 amide bonds. The Morgan fingerprint density at radius 1 is 1.12 bits per heavy atom. The number of benzene rings is 2. The molecular weight excluding hydrogens is 377 g/mol. The molecule has 0 saturated heterocycles. The highest BCUT2D eigenvalue weighted by molar-refractivity contribution is 6.40. The zero-order valence-corrected chi connectivity index (χ0v) is 15.6. The molecule has 1 aromatic heterocycles. The Kier molecular flexibility index (Phi) is 5.20. The predicted molar refractivity (Wildman–Crippen MR) is 103 cm³/mol. The summed E-state index contributed by atoms with van der Waals surface area (Å²) in [4.78, 5) is 23.6. The van der Waals surface area contributed by atoms with Crippen molar-refractivity contribution in [3.05, 3.63) is 68.0 Å². The van der Waals surface area contributed by atoms with Crippen LogP contribution in [0.25, 0.3) is 11.0 Å². The third-order valence-corrected chi connectivity index (χ3v) is 4.64. The van der Waals surface area contributed by atoms with Crippen LogP contribution in [0.1, 0.15) is 11.1 Å². The van der Waals surface area contributed by atoms with Crippen LogP contribution in [-0.2, 0) is 4.79 Å². The molecule has 0 radical (unpaired) electrons. The van der Waals surface area contributed by atoms with Crippen molar-refractivity contribution in [2.24, 2.45) is 0 Å². The van der Waals surface area contributed by atoms with Crippen LogP contribution in [0.3, 0.4) is 0 Å². The summed E-state index contributed by atoms with van der Waals surface area (Å²) in [6.45, 7) is 3.39. The zero-order chi connectivity index (χ0) is 18.8. The summed E-state index contributed by atoms with van der Waals surface area (Å²) in [7, 11) is 0. The Morgan fingerprint density at radius 3 is 2.65 bits per heavy atom. The predicted octanol–water partition coefficient (Wildman–Crippen LogP) is 4.73. The van der Waals surface area contributed by atoms with Gasteiger partial charge in [-0.3, -0.25) is 4.79 Å². The first-order chi connectivity index (χ1) is 12.3. The number of carbonyl (C=O) groups is 1. The van der Waals surface area contributed by atoms with Gasteiger partial charge in [-0.2, -0.15) is 0 Å². The zero-order valence-electron chi connectivity index (χ0n) is 14.1. The second kappa shape index (κ2) is 7.40. The Hall–Kier alpha value is -2.50. The van der Waals surface area contributed by atoms with Crippen molar-refractivity contribution >= 4 is 45.8 Å².